The average Bonchev–Trinajstić information content (AvgIpc) is 2.44. The fourth-order valence-electron chi connectivity index (χ4n) is 1.36. The molecule has 0 N–H and O–H groups in total. The molecule has 18 heavy (non-hydrogen) atoms. The quantitative estimate of drug-likeness (QED) is 0.620. The van der Waals surface area contributed by atoms with Crippen LogP contribution in [0.3, 0.4) is 0 Å². The van der Waals surface area contributed by atoms with Crippen molar-refractivity contribution in [3.8, 4) is 6.07 Å². The van der Waals surface area contributed by atoms with Gasteiger partial charge in [-0.3, -0.25) is 0 Å². The number of benzene rings is 1. The maximum Gasteiger partial charge on any atom is 0.189 e. The largest absolute Gasteiger partial charge is 0.231 e. The van der Waals surface area contributed by atoms with Crippen LogP contribution >= 0.6 is 11.8 Å². The fourth-order valence-corrected chi connectivity index (χ4v) is 1.86. The van der Waals surface area contributed by atoms with E-state index in [1.807, 2.05) is 48.6 Å². The third kappa shape index (κ3) is 3.72. The molecule has 0 spiro atoms. The third-order valence-corrected chi connectivity index (χ3v) is 2.90. The monoisotopic (exact) mass is 253 g/mol. The van der Waals surface area contributed by atoms with Gasteiger partial charge in [-0.2, -0.15) is 5.26 Å². The molecule has 0 amide bonds. The molecule has 3 nitrogen and oxygen atoms in total. The van der Waals surface area contributed by atoms with Crippen molar-refractivity contribution in [1.29, 1.82) is 5.26 Å². The van der Waals surface area contributed by atoms with Crippen LogP contribution in [0.4, 0.5) is 0 Å². The average molecular weight is 253 g/mol. The lowest BCUT2D eigenvalue weighted by molar-refractivity contribution is 0.960. The molecule has 0 radical (unpaired) electrons. The molecule has 0 fully saturated rings. The lowest BCUT2D eigenvalue weighted by atomic mass is 10.2. The first-order chi connectivity index (χ1) is 8.88. The number of hydrogen-bond acceptors (Lipinski definition) is 4. The number of aromatic nitrogens is 2. The summed E-state index contributed by atoms with van der Waals surface area (Å²) in [5, 5.41) is 9.14. The molecule has 1 aromatic heterocycles. The van der Waals surface area contributed by atoms with Gasteiger partial charge in [-0.25, -0.2) is 9.97 Å². The molecule has 0 saturated heterocycles. The van der Waals surface area contributed by atoms with Gasteiger partial charge in [-0.1, -0.05) is 48.2 Å². The lowest BCUT2D eigenvalue weighted by Gasteiger charge is -1.97. The van der Waals surface area contributed by atoms with Crippen molar-refractivity contribution in [2.75, 3.05) is 5.75 Å². The molecule has 0 aliphatic heterocycles. The summed E-state index contributed by atoms with van der Waals surface area (Å²) in [7, 11) is 0. The highest BCUT2D eigenvalue weighted by molar-refractivity contribution is 7.99. The van der Waals surface area contributed by atoms with Gasteiger partial charge in [-0.05, 0) is 17.7 Å². The smallest absolute Gasteiger partial charge is 0.189 e. The van der Waals surface area contributed by atoms with E-state index in [1.165, 1.54) is 11.8 Å². The van der Waals surface area contributed by atoms with E-state index in [0.29, 0.717) is 10.9 Å². The van der Waals surface area contributed by atoms with E-state index >= 15 is 0 Å². The van der Waals surface area contributed by atoms with Gasteiger partial charge in [0.25, 0.3) is 0 Å². The first kappa shape index (κ1) is 12.3. The van der Waals surface area contributed by atoms with Crippen LogP contribution < -0.4 is 0 Å². The van der Waals surface area contributed by atoms with Crippen LogP contribution in [0.5, 0.6) is 0 Å². The molecule has 1 heterocycles. The molecule has 0 saturated carbocycles. The normalized spacial score (nSPS) is 10.4. The van der Waals surface area contributed by atoms with E-state index in [1.54, 1.807) is 6.20 Å². The number of nitriles is 1. The van der Waals surface area contributed by atoms with E-state index in [2.05, 4.69) is 16.0 Å². The Balaban J connectivity index is 2.10. The molecule has 0 atom stereocenters. The van der Waals surface area contributed by atoms with Gasteiger partial charge < -0.3 is 0 Å². The molecule has 0 unspecified atom stereocenters. The summed E-state index contributed by atoms with van der Waals surface area (Å²) in [6.07, 6.45) is 5.64. The minimum absolute atomic E-state index is 0.367. The van der Waals surface area contributed by atoms with Gasteiger partial charge in [0.15, 0.2) is 5.16 Å². The van der Waals surface area contributed by atoms with E-state index in [-0.39, 0.29) is 0 Å². The Morgan fingerprint density at radius 3 is 2.78 bits per heavy atom. The Morgan fingerprint density at radius 2 is 2.00 bits per heavy atom. The van der Waals surface area contributed by atoms with Crippen molar-refractivity contribution in [3.05, 3.63) is 53.9 Å². The van der Waals surface area contributed by atoms with Crippen LogP contribution in [0.25, 0.3) is 12.2 Å². The Hall–Kier alpha value is -2.12. The second kappa shape index (κ2) is 6.58. The van der Waals surface area contributed by atoms with Crippen molar-refractivity contribution < 1.29 is 0 Å². The molecule has 2 aromatic rings. The van der Waals surface area contributed by atoms with Crippen LogP contribution in [0.2, 0.25) is 0 Å². The molecule has 1 aromatic carbocycles. The SMILES string of the molecule is N#CCSc1nccc(C=Cc2ccccc2)n1. The molecule has 4 heteroatoms. The van der Waals surface area contributed by atoms with Crippen LogP contribution in [0.15, 0.2) is 47.8 Å². The van der Waals surface area contributed by atoms with Gasteiger partial charge in [0.2, 0.25) is 0 Å². The maximum atomic E-state index is 8.51. The zero-order chi connectivity index (χ0) is 12.6. The zero-order valence-electron chi connectivity index (χ0n) is 9.65. The topological polar surface area (TPSA) is 49.6 Å². The van der Waals surface area contributed by atoms with Gasteiger partial charge in [-0.15, -0.1) is 0 Å². The number of thioether (sulfide) groups is 1. The van der Waals surface area contributed by atoms with Crippen molar-refractivity contribution in [3.63, 3.8) is 0 Å². The Morgan fingerprint density at radius 1 is 1.17 bits per heavy atom. The number of hydrogen-bond donors (Lipinski definition) is 0. The maximum absolute atomic E-state index is 8.51. The predicted molar refractivity (Wildman–Crippen MR) is 73.7 cm³/mol. The lowest BCUT2D eigenvalue weighted by Crippen LogP contribution is -1.88. The molecular weight excluding hydrogens is 242 g/mol. The predicted octanol–water partition coefficient (Wildman–Crippen LogP) is 3.26. The van der Waals surface area contributed by atoms with E-state index in [9.17, 15) is 0 Å². The van der Waals surface area contributed by atoms with Crippen molar-refractivity contribution in [2.45, 2.75) is 5.16 Å². The molecular formula is C14H11N3S. The van der Waals surface area contributed by atoms with Gasteiger partial charge in [0.1, 0.15) is 0 Å². The van der Waals surface area contributed by atoms with Crippen molar-refractivity contribution in [1.82, 2.24) is 9.97 Å². The first-order valence-electron chi connectivity index (χ1n) is 5.44. The van der Waals surface area contributed by atoms with Crippen LogP contribution in [-0.4, -0.2) is 15.7 Å². The molecule has 2 rings (SSSR count). The summed E-state index contributed by atoms with van der Waals surface area (Å²) in [4.78, 5) is 8.44. The first-order valence-corrected chi connectivity index (χ1v) is 6.43. The summed E-state index contributed by atoms with van der Waals surface area (Å²) in [6.45, 7) is 0. The van der Waals surface area contributed by atoms with Gasteiger partial charge in [0, 0.05) is 6.20 Å². The van der Waals surface area contributed by atoms with Crippen LogP contribution in [0.1, 0.15) is 11.3 Å². The Bertz CT molecular complexity index is 573. The minimum Gasteiger partial charge on any atom is -0.231 e. The van der Waals surface area contributed by atoms with E-state index in [0.717, 1.165) is 11.3 Å². The summed E-state index contributed by atoms with van der Waals surface area (Å²) in [6, 6.07) is 13.9. The highest BCUT2D eigenvalue weighted by Crippen LogP contribution is 2.13. The Kier molecular flexibility index (Phi) is 4.51. The number of nitrogens with zero attached hydrogens (tertiary/aromatic N) is 3. The van der Waals surface area contributed by atoms with Gasteiger partial charge in [0.05, 0.1) is 17.5 Å². The molecule has 0 aliphatic carbocycles. The highest BCUT2D eigenvalue weighted by atomic mass is 32.2. The Labute approximate surface area is 110 Å². The molecule has 0 bridgehead atoms. The number of rotatable bonds is 4. The van der Waals surface area contributed by atoms with E-state index in [4.69, 9.17) is 5.26 Å². The minimum atomic E-state index is 0.367. The third-order valence-electron chi connectivity index (χ3n) is 2.17. The summed E-state index contributed by atoms with van der Waals surface area (Å²) in [5.41, 5.74) is 1.97. The molecule has 88 valence electrons. The molecule has 0 aliphatic rings. The standard InChI is InChI=1S/C14H11N3S/c15-9-11-18-14-16-10-8-13(17-14)7-6-12-4-2-1-3-5-12/h1-8,10H,11H2. The van der Waals surface area contributed by atoms with Gasteiger partial charge >= 0.3 is 0 Å². The summed E-state index contributed by atoms with van der Waals surface area (Å²) in [5.74, 6) is 0.367. The van der Waals surface area contributed by atoms with Crippen LogP contribution in [-0.2, 0) is 0 Å². The highest BCUT2D eigenvalue weighted by Gasteiger charge is 1.97. The second-order valence-corrected chi connectivity index (χ2v) is 4.40. The zero-order valence-corrected chi connectivity index (χ0v) is 10.5. The fraction of sp³-hybridized carbons (Fsp3) is 0.0714. The summed E-state index contributed by atoms with van der Waals surface area (Å²) >= 11 is 1.34. The van der Waals surface area contributed by atoms with Crippen LogP contribution in [0, 0.1) is 11.3 Å². The van der Waals surface area contributed by atoms with E-state index < -0.39 is 0 Å². The second-order valence-electron chi connectivity index (χ2n) is 3.45. The summed E-state index contributed by atoms with van der Waals surface area (Å²) < 4.78 is 0. The van der Waals surface area contributed by atoms with Crippen molar-refractivity contribution >= 4 is 23.9 Å². The van der Waals surface area contributed by atoms with Crippen molar-refractivity contribution in [2.24, 2.45) is 0 Å².